The zero-order valence-corrected chi connectivity index (χ0v) is 14.3. The average molecular weight is 353 g/mol. The van der Waals surface area contributed by atoms with E-state index in [4.69, 9.17) is 4.74 Å². The summed E-state index contributed by atoms with van der Waals surface area (Å²) in [5, 5.41) is 11.5. The van der Waals surface area contributed by atoms with Crippen LogP contribution in [0.2, 0.25) is 0 Å². The molecular formula is C20H19NO5. The van der Waals surface area contributed by atoms with Gasteiger partial charge in [-0.1, -0.05) is 48.5 Å². The van der Waals surface area contributed by atoms with Crippen molar-refractivity contribution in [3.05, 3.63) is 59.7 Å². The van der Waals surface area contributed by atoms with Gasteiger partial charge < -0.3 is 20.0 Å². The van der Waals surface area contributed by atoms with E-state index in [1.54, 1.807) is 0 Å². The van der Waals surface area contributed by atoms with Crippen LogP contribution in [0.4, 0.5) is 4.79 Å². The van der Waals surface area contributed by atoms with Gasteiger partial charge in [-0.2, -0.15) is 0 Å². The maximum absolute atomic E-state index is 12.1. The number of ether oxygens (including phenoxy) is 1. The largest absolute Gasteiger partial charge is 0.480 e. The van der Waals surface area contributed by atoms with Gasteiger partial charge >= 0.3 is 12.1 Å². The fourth-order valence-corrected chi connectivity index (χ4v) is 3.22. The zero-order chi connectivity index (χ0) is 18.7. The number of carboxylic acid groups (broad SMARTS) is 1. The minimum Gasteiger partial charge on any atom is -0.480 e. The van der Waals surface area contributed by atoms with Crippen LogP contribution in [-0.2, 0) is 14.3 Å². The van der Waals surface area contributed by atoms with E-state index in [0.717, 1.165) is 22.3 Å². The first-order valence-corrected chi connectivity index (χ1v) is 8.26. The predicted octanol–water partition coefficient (Wildman–Crippen LogP) is 2.96. The molecule has 2 aromatic carbocycles. The highest BCUT2D eigenvalue weighted by molar-refractivity contribution is 5.86. The van der Waals surface area contributed by atoms with Crippen molar-refractivity contribution in [3.8, 4) is 11.1 Å². The maximum atomic E-state index is 12.1. The Labute approximate surface area is 150 Å². The lowest BCUT2D eigenvalue weighted by atomic mass is 9.98. The van der Waals surface area contributed by atoms with Gasteiger partial charge in [-0.3, -0.25) is 0 Å². The van der Waals surface area contributed by atoms with Crippen LogP contribution in [-0.4, -0.2) is 35.6 Å². The van der Waals surface area contributed by atoms with Crippen LogP contribution < -0.4 is 5.32 Å². The number of carboxylic acids is 1. The molecule has 1 aliphatic rings. The van der Waals surface area contributed by atoms with E-state index in [0.29, 0.717) is 6.29 Å². The molecule has 1 amide bonds. The summed E-state index contributed by atoms with van der Waals surface area (Å²) in [5.41, 5.74) is 2.65. The zero-order valence-electron chi connectivity index (χ0n) is 14.3. The molecule has 0 saturated heterocycles. The number of hydrogen-bond acceptors (Lipinski definition) is 4. The monoisotopic (exact) mass is 353 g/mol. The number of benzene rings is 2. The number of amides is 1. The third-order valence-corrected chi connectivity index (χ3v) is 4.69. The number of carbonyl (C=O) groups excluding carboxylic acids is 2. The number of aliphatic carboxylic acids is 1. The molecule has 3 rings (SSSR count). The second-order valence-electron chi connectivity index (χ2n) is 6.46. The van der Waals surface area contributed by atoms with Gasteiger partial charge in [0.15, 0.2) is 0 Å². The number of aldehydes is 1. The van der Waals surface area contributed by atoms with E-state index in [2.05, 4.69) is 5.32 Å². The molecule has 1 atom stereocenters. The SMILES string of the molecule is C[C@](CC=O)(NC(=O)OCC1c2ccccc2-c2ccccc21)C(=O)O. The van der Waals surface area contributed by atoms with Gasteiger partial charge in [-0.25, -0.2) is 9.59 Å². The minimum absolute atomic E-state index is 0.0800. The lowest BCUT2D eigenvalue weighted by Gasteiger charge is -2.24. The number of nitrogens with one attached hydrogen (secondary N) is 1. The lowest BCUT2D eigenvalue weighted by molar-refractivity contribution is -0.145. The Morgan fingerprint density at radius 3 is 2.15 bits per heavy atom. The fraction of sp³-hybridized carbons (Fsp3) is 0.250. The lowest BCUT2D eigenvalue weighted by Crippen LogP contribution is -2.52. The van der Waals surface area contributed by atoms with Crippen LogP contribution in [0, 0.1) is 0 Å². The first-order chi connectivity index (χ1) is 12.5. The van der Waals surface area contributed by atoms with Crippen molar-refractivity contribution >= 4 is 18.3 Å². The Kier molecular flexibility index (Phi) is 4.75. The van der Waals surface area contributed by atoms with Crippen LogP contribution in [0.1, 0.15) is 30.4 Å². The van der Waals surface area contributed by atoms with Gasteiger partial charge in [0, 0.05) is 12.3 Å². The number of carbonyl (C=O) groups is 3. The summed E-state index contributed by atoms with van der Waals surface area (Å²) in [6, 6.07) is 15.8. The highest BCUT2D eigenvalue weighted by Gasteiger charge is 2.36. The van der Waals surface area contributed by atoms with Crippen molar-refractivity contribution in [3.63, 3.8) is 0 Å². The topological polar surface area (TPSA) is 92.7 Å². The molecule has 0 spiro atoms. The third-order valence-electron chi connectivity index (χ3n) is 4.69. The molecule has 0 fully saturated rings. The molecule has 0 unspecified atom stereocenters. The first-order valence-electron chi connectivity index (χ1n) is 8.26. The van der Waals surface area contributed by atoms with Crippen molar-refractivity contribution in [2.75, 3.05) is 6.61 Å². The summed E-state index contributed by atoms with van der Waals surface area (Å²) in [6.45, 7) is 1.35. The number of rotatable bonds is 6. The van der Waals surface area contributed by atoms with Crippen LogP contribution in [0.25, 0.3) is 11.1 Å². The Morgan fingerprint density at radius 2 is 1.65 bits per heavy atom. The fourth-order valence-electron chi connectivity index (χ4n) is 3.22. The Bertz CT molecular complexity index is 817. The molecule has 6 nitrogen and oxygen atoms in total. The number of fused-ring (bicyclic) bond motifs is 3. The van der Waals surface area contributed by atoms with E-state index in [9.17, 15) is 19.5 Å². The summed E-state index contributed by atoms with van der Waals surface area (Å²) in [7, 11) is 0. The summed E-state index contributed by atoms with van der Waals surface area (Å²) < 4.78 is 5.30. The summed E-state index contributed by atoms with van der Waals surface area (Å²) in [6.07, 6.45) is -0.747. The number of alkyl carbamates (subject to hydrolysis) is 1. The molecule has 0 heterocycles. The third kappa shape index (κ3) is 3.18. The van der Waals surface area contributed by atoms with Crippen LogP contribution in [0.5, 0.6) is 0 Å². The van der Waals surface area contributed by atoms with Gasteiger partial charge in [0.05, 0.1) is 0 Å². The molecule has 1 aliphatic carbocycles. The molecule has 6 heteroatoms. The van der Waals surface area contributed by atoms with E-state index in [1.807, 2.05) is 48.5 Å². The van der Waals surface area contributed by atoms with Crippen LogP contribution in [0.3, 0.4) is 0 Å². The van der Waals surface area contributed by atoms with E-state index < -0.39 is 17.6 Å². The standard InChI is InChI=1S/C20H19NO5/c1-20(10-11-22,18(23)24)21-19(25)26-12-17-15-8-4-2-6-13(15)14-7-3-5-9-16(14)17/h2-9,11,17H,10,12H2,1H3,(H,21,25)(H,23,24)/t20-/m1/s1. The summed E-state index contributed by atoms with van der Waals surface area (Å²) >= 11 is 0. The van der Waals surface area contributed by atoms with Crippen molar-refractivity contribution in [2.24, 2.45) is 0 Å². The minimum atomic E-state index is -1.69. The molecule has 0 aromatic heterocycles. The second kappa shape index (κ2) is 7.00. The molecule has 2 N–H and O–H groups in total. The van der Waals surface area contributed by atoms with Gasteiger partial charge in [0.1, 0.15) is 18.4 Å². The normalized spacial score (nSPS) is 14.7. The van der Waals surface area contributed by atoms with Gasteiger partial charge in [-0.05, 0) is 29.2 Å². The average Bonchev–Trinajstić information content (AvgIpc) is 2.94. The van der Waals surface area contributed by atoms with Gasteiger partial charge in [-0.15, -0.1) is 0 Å². The highest BCUT2D eigenvalue weighted by Crippen LogP contribution is 2.44. The van der Waals surface area contributed by atoms with Crippen molar-refractivity contribution < 1.29 is 24.2 Å². The molecule has 0 radical (unpaired) electrons. The molecule has 0 bridgehead atoms. The van der Waals surface area contributed by atoms with E-state index in [1.165, 1.54) is 6.92 Å². The van der Waals surface area contributed by atoms with Gasteiger partial charge in [0.25, 0.3) is 0 Å². The smallest absolute Gasteiger partial charge is 0.408 e. The molecule has 134 valence electrons. The Balaban J connectivity index is 1.75. The van der Waals surface area contributed by atoms with E-state index in [-0.39, 0.29) is 18.9 Å². The summed E-state index contributed by atoms with van der Waals surface area (Å²) in [5.74, 6) is -1.41. The second-order valence-corrected chi connectivity index (χ2v) is 6.46. The summed E-state index contributed by atoms with van der Waals surface area (Å²) in [4.78, 5) is 34.1. The van der Waals surface area contributed by atoms with Crippen molar-refractivity contribution in [1.82, 2.24) is 5.32 Å². The maximum Gasteiger partial charge on any atom is 0.408 e. The van der Waals surface area contributed by atoms with Gasteiger partial charge in [0.2, 0.25) is 0 Å². The highest BCUT2D eigenvalue weighted by atomic mass is 16.5. The molecular weight excluding hydrogens is 334 g/mol. The first kappa shape index (κ1) is 17.7. The predicted molar refractivity (Wildman–Crippen MR) is 94.9 cm³/mol. The van der Waals surface area contributed by atoms with Crippen LogP contribution >= 0.6 is 0 Å². The number of hydrogen-bond donors (Lipinski definition) is 2. The Hall–Kier alpha value is -3.15. The molecule has 2 aromatic rings. The molecule has 26 heavy (non-hydrogen) atoms. The molecule has 0 saturated carbocycles. The van der Waals surface area contributed by atoms with Crippen LogP contribution in [0.15, 0.2) is 48.5 Å². The van der Waals surface area contributed by atoms with E-state index >= 15 is 0 Å². The van der Waals surface area contributed by atoms with Crippen molar-refractivity contribution in [1.29, 1.82) is 0 Å². The molecule has 0 aliphatic heterocycles. The Morgan fingerprint density at radius 1 is 1.12 bits per heavy atom. The quantitative estimate of drug-likeness (QED) is 0.779. The van der Waals surface area contributed by atoms with Crippen molar-refractivity contribution in [2.45, 2.75) is 24.8 Å².